The zero-order valence-electron chi connectivity index (χ0n) is 14.8. The summed E-state index contributed by atoms with van der Waals surface area (Å²) in [6, 6.07) is 9.59. The first-order chi connectivity index (χ1) is 12.8. The Morgan fingerprint density at radius 3 is 2.41 bits per heavy atom. The number of nitrogens with one attached hydrogen (secondary N) is 1. The second-order valence-corrected chi connectivity index (χ2v) is 6.62. The van der Waals surface area contributed by atoms with Gasteiger partial charge < -0.3 is 15.0 Å². The normalized spacial score (nSPS) is 11.6. The molecule has 0 fully saturated rings. The molecule has 8 heteroatoms. The summed E-state index contributed by atoms with van der Waals surface area (Å²) in [4.78, 5) is 26.1. The minimum atomic E-state index is -0.728. The summed E-state index contributed by atoms with van der Waals surface area (Å²) in [7, 11) is 1.50. The van der Waals surface area contributed by atoms with Crippen molar-refractivity contribution in [2.45, 2.75) is 19.5 Å². The predicted octanol–water partition coefficient (Wildman–Crippen LogP) is 3.67. The van der Waals surface area contributed by atoms with Crippen molar-refractivity contribution in [2.75, 3.05) is 13.7 Å². The summed E-state index contributed by atoms with van der Waals surface area (Å²) in [5.41, 5.74) is 0.718. The van der Waals surface area contributed by atoms with E-state index >= 15 is 0 Å². The molecule has 0 radical (unpaired) electrons. The molecule has 0 bridgehead atoms. The third-order valence-electron chi connectivity index (χ3n) is 3.93. The predicted molar refractivity (Wildman–Crippen MR) is 102 cm³/mol. The Morgan fingerprint density at radius 2 is 1.81 bits per heavy atom. The van der Waals surface area contributed by atoms with Crippen LogP contribution < -0.4 is 10.1 Å². The van der Waals surface area contributed by atoms with Gasteiger partial charge in [0.2, 0.25) is 5.91 Å². The van der Waals surface area contributed by atoms with Crippen molar-refractivity contribution in [3.8, 4) is 5.75 Å². The van der Waals surface area contributed by atoms with Crippen LogP contribution in [-0.4, -0.2) is 36.4 Å². The molecule has 0 aliphatic carbocycles. The summed E-state index contributed by atoms with van der Waals surface area (Å²) >= 11 is 12.0. The summed E-state index contributed by atoms with van der Waals surface area (Å²) < 4.78 is 18.4. The zero-order valence-corrected chi connectivity index (χ0v) is 16.4. The van der Waals surface area contributed by atoms with Crippen LogP contribution in [0.2, 0.25) is 10.0 Å². The van der Waals surface area contributed by atoms with Crippen LogP contribution in [0.4, 0.5) is 4.39 Å². The number of nitrogens with zero attached hydrogens (tertiary/aromatic N) is 1. The minimum Gasteiger partial charge on any atom is -0.484 e. The van der Waals surface area contributed by atoms with Gasteiger partial charge in [0, 0.05) is 13.6 Å². The fourth-order valence-corrected chi connectivity index (χ4v) is 2.71. The van der Waals surface area contributed by atoms with Crippen LogP contribution in [0.1, 0.15) is 12.5 Å². The topological polar surface area (TPSA) is 58.6 Å². The third-order valence-corrected chi connectivity index (χ3v) is 4.67. The summed E-state index contributed by atoms with van der Waals surface area (Å²) in [5.74, 6) is -0.762. The Bertz CT molecular complexity index is 815. The van der Waals surface area contributed by atoms with E-state index in [0.29, 0.717) is 15.8 Å². The Hall–Kier alpha value is -2.31. The van der Waals surface area contributed by atoms with Crippen LogP contribution in [0.5, 0.6) is 5.75 Å². The van der Waals surface area contributed by atoms with E-state index in [-0.39, 0.29) is 19.1 Å². The van der Waals surface area contributed by atoms with Crippen molar-refractivity contribution in [3.63, 3.8) is 0 Å². The number of amides is 2. The standard InChI is InChI=1S/C19H19Cl2FN2O3/c1-12(19(26)23-2)24(10-13-3-8-16(20)17(21)9-13)18(25)11-27-15-6-4-14(22)5-7-15/h3-9,12H,10-11H2,1-2H3,(H,23,26)/t12-/m1/s1. The van der Waals surface area contributed by atoms with E-state index in [4.69, 9.17) is 27.9 Å². The van der Waals surface area contributed by atoms with Crippen LogP contribution in [0.15, 0.2) is 42.5 Å². The van der Waals surface area contributed by atoms with Gasteiger partial charge in [-0.2, -0.15) is 0 Å². The molecule has 1 atom stereocenters. The van der Waals surface area contributed by atoms with Crippen molar-refractivity contribution in [2.24, 2.45) is 0 Å². The van der Waals surface area contributed by atoms with Gasteiger partial charge in [-0.1, -0.05) is 29.3 Å². The average Bonchev–Trinajstić information content (AvgIpc) is 2.67. The van der Waals surface area contributed by atoms with Crippen LogP contribution in [0.25, 0.3) is 0 Å². The molecular weight excluding hydrogens is 394 g/mol. The highest BCUT2D eigenvalue weighted by molar-refractivity contribution is 6.42. The van der Waals surface area contributed by atoms with Gasteiger partial charge >= 0.3 is 0 Å². The number of carbonyl (C=O) groups excluding carboxylic acids is 2. The van der Waals surface area contributed by atoms with Gasteiger partial charge in [0.05, 0.1) is 10.0 Å². The van der Waals surface area contributed by atoms with Crippen LogP contribution in [-0.2, 0) is 16.1 Å². The maximum Gasteiger partial charge on any atom is 0.261 e. The van der Waals surface area contributed by atoms with Gasteiger partial charge in [-0.05, 0) is 48.9 Å². The van der Waals surface area contributed by atoms with Crippen molar-refractivity contribution in [3.05, 3.63) is 63.9 Å². The van der Waals surface area contributed by atoms with Crippen molar-refractivity contribution >= 4 is 35.0 Å². The number of hydrogen-bond donors (Lipinski definition) is 1. The number of ether oxygens (including phenoxy) is 1. The first-order valence-corrected chi connectivity index (χ1v) is 8.90. The molecule has 0 aromatic heterocycles. The Morgan fingerprint density at radius 1 is 1.15 bits per heavy atom. The number of halogens is 3. The Balaban J connectivity index is 2.14. The number of benzene rings is 2. The van der Waals surface area contributed by atoms with Gasteiger partial charge in [-0.3, -0.25) is 9.59 Å². The lowest BCUT2D eigenvalue weighted by Crippen LogP contribution is -2.48. The highest BCUT2D eigenvalue weighted by Crippen LogP contribution is 2.24. The van der Waals surface area contributed by atoms with E-state index in [1.807, 2.05) is 0 Å². The lowest BCUT2D eigenvalue weighted by atomic mass is 10.1. The fourth-order valence-electron chi connectivity index (χ4n) is 2.39. The lowest BCUT2D eigenvalue weighted by molar-refractivity contribution is -0.142. The molecule has 0 saturated carbocycles. The number of rotatable bonds is 7. The smallest absolute Gasteiger partial charge is 0.261 e. The number of carbonyl (C=O) groups is 2. The molecule has 0 unspecified atom stereocenters. The molecule has 0 spiro atoms. The second-order valence-electron chi connectivity index (χ2n) is 5.80. The molecule has 2 rings (SSSR count). The molecule has 2 aromatic carbocycles. The van der Waals surface area contributed by atoms with E-state index in [0.717, 1.165) is 5.56 Å². The number of hydrogen-bond acceptors (Lipinski definition) is 3. The third kappa shape index (κ3) is 5.84. The average molecular weight is 413 g/mol. The van der Waals surface area contributed by atoms with E-state index < -0.39 is 17.8 Å². The van der Waals surface area contributed by atoms with E-state index in [2.05, 4.69) is 5.32 Å². The molecule has 0 aliphatic rings. The van der Waals surface area contributed by atoms with Crippen LogP contribution in [0, 0.1) is 5.82 Å². The fraction of sp³-hybridized carbons (Fsp3) is 0.263. The first-order valence-electron chi connectivity index (χ1n) is 8.15. The molecular formula is C19H19Cl2FN2O3. The number of likely N-dealkylation sites (N-methyl/N-ethyl adjacent to an activating group) is 1. The second kappa shape index (κ2) is 9.58. The van der Waals surface area contributed by atoms with Gasteiger partial charge in [-0.25, -0.2) is 4.39 Å². The SMILES string of the molecule is CNC(=O)[C@@H](C)N(Cc1ccc(Cl)c(Cl)c1)C(=O)COc1ccc(F)cc1. The summed E-state index contributed by atoms with van der Waals surface area (Å²) in [6.45, 7) is 1.47. The molecule has 0 aliphatic heterocycles. The maximum absolute atomic E-state index is 13.0. The van der Waals surface area contributed by atoms with E-state index in [1.54, 1.807) is 25.1 Å². The minimum absolute atomic E-state index is 0.150. The molecule has 27 heavy (non-hydrogen) atoms. The summed E-state index contributed by atoms with van der Waals surface area (Å²) in [5, 5.41) is 3.28. The van der Waals surface area contributed by atoms with Gasteiger partial charge in [-0.15, -0.1) is 0 Å². The molecule has 2 aromatic rings. The van der Waals surface area contributed by atoms with E-state index in [1.165, 1.54) is 36.2 Å². The largest absolute Gasteiger partial charge is 0.484 e. The van der Waals surface area contributed by atoms with Crippen LogP contribution >= 0.6 is 23.2 Å². The zero-order chi connectivity index (χ0) is 20.0. The van der Waals surface area contributed by atoms with Crippen molar-refractivity contribution in [1.29, 1.82) is 0 Å². The van der Waals surface area contributed by atoms with Crippen molar-refractivity contribution < 1.29 is 18.7 Å². The van der Waals surface area contributed by atoms with Crippen LogP contribution in [0.3, 0.4) is 0 Å². The molecule has 0 saturated heterocycles. The molecule has 5 nitrogen and oxygen atoms in total. The Labute approximate surface area is 167 Å². The highest BCUT2D eigenvalue weighted by atomic mass is 35.5. The quantitative estimate of drug-likeness (QED) is 0.754. The molecule has 0 heterocycles. The Kier molecular flexibility index (Phi) is 7.45. The maximum atomic E-state index is 13.0. The molecule has 144 valence electrons. The lowest BCUT2D eigenvalue weighted by Gasteiger charge is -2.28. The van der Waals surface area contributed by atoms with Gasteiger partial charge in [0.1, 0.15) is 17.6 Å². The van der Waals surface area contributed by atoms with Gasteiger partial charge in [0.25, 0.3) is 5.91 Å². The summed E-state index contributed by atoms with van der Waals surface area (Å²) in [6.07, 6.45) is 0. The van der Waals surface area contributed by atoms with Crippen molar-refractivity contribution in [1.82, 2.24) is 10.2 Å². The molecule has 1 N–H and O–H groups in total. The molecule has 2 amide bonds. The van der Waals surface area contributed by atoms with Gasteiger partial charge in [0.15, 0.2) is 6.61 Å². The van der Waals surface area contributed by atoms with E-state index in [9.17, 15) is 14.0 Å². The first kappa shape index (κ1) is 21.0. The monoisotopic (exact) mass is 412 g/mol. The highest BCUT2D eigenvalue weighted by Gasteiger charge is 2.26.